The van der Waals surface area contributed by atoms with Gasteiger partial charge in [0.05, 0.1) is 6.20 Å². The van der Waals surface area contributed by atoms with Gasteiger partial charge in [-0.2, -0.15) is 0 Å². The van der Waals surface area contributed by atoms with Gasteiger partial charge in [-0.25, -0.2) is 0 Å². The minimum atomic E-state index is -0.0388. The number of aromatic nitrogens is 1. The van der Waals surface area contributed by atoms with Gasteiger partial charge in [0, 0.05) is 22.5 Å². The van der Waals surface area contributed by atoms with Crippen LogP contribution in [0.2, 0.25) is 0 Å². The normalized spacial score (nSPS) is 10.5. The number of hydrogen-bond acceptors (Lipinski definition) is 4. The van der Waals surface area contributed by atoms with Gasteiger partial charge in [0.25, 0.3) is 5.91 Å². The zero-order valence-electron chi connectivity index (χ0n) is 12.0. The van der Waals surface area contributed by atoms with E-state index in [1.165, 1.54) is 4.88 Å². The second kappa shape index (κ2) is 7.04. The van der Waals surface area contributed by atoms with E-state index in [4.69, 9.17) is 4.52 Å². The van der Waals surface area contributed by atoms with Crippen molar-refractivity contribution in [1.82, 2.24) is 10.5 Å². The second-order valence-electron chi connectivity index (χ2n) is 4.95. The number of hydrogen-bond donors (Lipinski definition) is 1. The molecule has 1 N–H and O–H groups in total. The van der Waals surface area contributed by atoms with Gasteiger partial charge in [0.1, 0.15) is 6.26 Å². The maximum Gasteiger partial charge on any atom is 0.251 e. The molecule has 0 aliphatic carbocycles. The zero-order valence-corrected chi connectivity index (χ0v) is 12.8. The molecular weight excluding hydrogens is 296 g/mol. The molecule has 112 valence electrons. The lowest BCUT2D eigenvalue weighted by molar-refractivity contribution is 0.0953. The summed E-state index contributed by atoms with van der Waals surface area (Å²) in [5.41, 5.74) is 2.87. The van der Waals surface area contributed by atoms with Gasteiger partial charge < -0.3 is 9.84 Å². The average Bonchev–Trinajstić information content (AvgIpc) is 3.25. The van der Waals surface area contributed by atoms with E-state index in [-0.39, 0.29) is 5.91 Å². The summed E-state index contributed by atoms with van der Waals surface area (Å²) in [5.74, 6) is -0.0388. The monoisotopic (exact) mass is 312 g/mol. The highest BCUT2D eigenvalue weighted by Gasteiger charge is 2.06. The van der Waals surface area contributed by atoms with E-state index in [1.54, 1.807) is 23.8 Å². The third kappa shape index (κ3) is 3.62. The van der Waals surface area contributed by atoms with Gasteiger partial charge >= 0.3 is 0 Å². The Hall–Kier alpha value is -2.40. The zero-order chi connectivity index (χ0) is 15.2. The van der Waals surface area contributed by atoms with Gasteiger partial charge in [0.15, 0.2) is 0 Å². The van der Waals surface area contributed by atoms with E-state index in [0.29, 0.717) is 12.1 Å². The molecule has 0 aliphatic rings. The molecule has 0 radical (unpaired) electrons. The van der Waals surface area contributed by atoms with Crippen LogP contribution in [0.3, 0.4) is 0 Å². The van der Waals surface area contributed by atoms with Crippen LogP contribution in [0.25, 0.3) is 10.4 Å². The second-order valence-corrected chi connectivity index (χ2v) is 5.89. The highest BCUT2D eigenvalue weighted by molar-refractivity contribution is 7.13. The molecule has 22 heavy (non-hydrogen) atoms. The standard InChI is InChI=1S/C17H16N2O2S/c20-17(18-9-1-3-13-11-19-21-12-13)15-7-5-14(6-8-15)16-4-2-10-22-16/h2,4-8,10-12H,1,3,9H2,(H,18,20). The first-order valence-electron chi connectivity index (χ1n) is 7.13. The molecule has 3 rings (SSSR count). The third-order valence-electron chi connectivity index (χ3n) is 3.36. The van der Waals surface area contributed by atoms with Crippen molar-refractivity contribution in [3.05, 3.63) is 65.4 Å². The van der Waals surface area contributed by atoms with Crippen LogP contribution < -0.4 is 5.32 Å². The molecule has 0 saturated heterocycles. The maximum absolute atomic E-state index is 12.1. The molecule has 0 bridgehead atoms. The van der Waals surface area contributed by atoms with Crippen LogP contribution in [-0.2, 0) is 6.42 Å². The summed E-state index contributed by atoms with van der Waals surface area (Å²) < 4.78 is 4.77. The van der Waals surface area contributed by atoms with Crippen molar-refractivity contribution >= 4 is 17.2 Å². The Morgan fingerprint density at radius 3 is 2.77 bits per heavy atom. The van der Waals surface area contributed by atoms with E-state index >= 15 is 0 Å². The molecule has 3 aromatic rings. The lowest BCUT2D eigenvalue weighted by Gasteiger charge is -2.05. The number of nitrogens with zero attached hydrogens (tertiary/aromatic N) is 1. The molecule has 1 amide bonds. The van der Waals surface area contributed by atoms with Crippen LogP contribution >= 0.6 is 11.3 Å². The Bertz CT molecular complexity index is 704. The van der Waals surface area contributed by atoms with Crippen molar-refractivity contribution in [3.63, 3.8) is 0 Å². The van der Waals surface area contributed by atoms with Gasteiger partial charge in [-0.1, -0.05) is 23.4 Å². The van der Waals surface area contributed by atoms with E-state index in [2.05, 4.69) is 16.5 Å². The molecule has 0 fully saturated rings. The largest absolute Gasteiger partial charge is 0.364 e. The number of carbonyl (C=O) groups excluding carboxylic acids is 1. The van der Waals surface area contributed by atoms with Crippen molar-refractivity contribution in [3.8, 4) is 10.4 Å². The topological polar surface area (TPSA) is 55.1 Å². The van der Waals surface area contributed by atoms with Crippen molar-refractivity contribution < 1.29 is 9.32 Å². The predicted molar refractivity (Wildman–Crippen MR) is 86.9 cm³/mol. The van der Waals surface area contributed by atoms with Crippen LogP contribution in [-0.4, -0.2) is 17.6 Å². The molecule has 4 nitrogen and oxygen atoms in total. The predicted octanol–water partition coefficient (Wildman–Crippen LogP) is 3.77. The fourth-order valence-electron chi connectivity index (χ4n) is 2.18. The molecule has 1 aromatic carbocycles. The number of thiophene rings is 1. The van der Waals surface area contributed by atoms with Crippen LogP contribution in [0.5, 0.6) is 0 Å². The first-order valence-corrected chi connectivity index (χ1v) is 8.01. The third-order valence-corrected chi connectivity index (χ3v) is 4.28. The van der Waals surface area contributed by atoms with E-state index in [0.717, 1.165) is 24.0 Å². The van der Waals surface area contributed by atoms with Gasteiger partial charge in [0.2, 0.25) is 0 Å². The molecule has 2 heterocycles. The summed E-state index contributed by atoms with van der Waals surface area (Å²) in [7, 11) is 0. The summed E-state index contributed by atoms with van der Waals surface area (Å²) in [6, 6.07) is 11.8. The first-order chi connectivity index (χ1) is 10.8. The Morgan fingerprint density at radius 1 is 1.23 bits per heavy atom. The van der Waals surface area contributed by atoms with Crippen molar-refractivity contribution in [1.29, 1.82) is 0 Å². The van der Waals surface area contributed by atoms with Gasteiger partial charge in [-0.05, 0) is 42.0 Å². The lowest BCUT2D eigenvalue weighted by atomic mass is 10.1. The van der Waals surface area contributed by atoms with Crippen LogP contribution in [0.15, 0.2) is 58.8 Å². The number of rotatable bonds is 6. The molecular formula is C17H16N2O2S. The van der Waals surface area contributed by atoms with Gasteiger partial charge in [-0.15, -0.1) is 11.3 Å². The quantitative estimate of drug-likeness (QED) is 0.705. The molecule has 0 aliphatic heterocycles. The molecule has 0 saturated carbocycles. The molecule has 0 spiro atoms. The number of carbonyl (C=O) groups is 1. The fourth-order valence-corrected chi connectivity index (χ4v) is 2.91. The number of aryl methyl sites for hydroxylation is 1. The maximum atomic E-state index is 12.1. The van der Waals surface area contributed by atoms with Crippen LogP contribution in [0.1, 0.15) is 22.3 Å². The van der Waals surface area contributed by atoms with Gasteiger partial charge in [-0.3, -0.25) is 4.79 Å². The molecule has 0 atom stereocenters. The van der Waals surface area contributed by atoms with Crippen molar-refractivity contribution in [2.24, 2.45) is 0 Å². The highest BCUT2D eigenvalue weighted by atomic mass is 32.1. The van der Waals surface area contributed by atoms with Crippen LogP contribution in [0, 0.1) is 0 Å². The average molecular weight is 312 g/mol. The summed E-state index contributed by atoms with van der Waals surface area (Å²) in [5, 5.41) is 8.63. The number of amides is 1. The molecule has 0 unspecified atom stereocenters. The molecule has 5 heteroatoms. The van der Waals surface area contributed by atoms with Crippen molar-refractivity contribution in [2.75, 3.05) is 6.54 Å². The first kappa shape index (κ1) is 14.5. The van der Waals surface area contributed by atoms with E-state index < -0.39 is 0 Å². The smallest absolute Gasteiger partial charge is 0.251 e. The minimum Gasteiger partial charge on any atom is -0.364 e. The fraction of sp³-hybridized carbons (Fsp3) is 0.176. The summed E-state index contributed by atoms with van der Waals surface area (Å²) in [4.78, 5) is 13.3. The Labute approximate surface area is 132 Å². The minimum absolute atomic E-state index is 0.0388. The summed E-state index contributed by atoms with van der Waals surface area (Å²) >= 11 is 1.69. The molecule has 2 aromatic heterocycles. The van der Waals surface area contributed by atoms with E-state index in [9.17, 15) is 4.79 Å². The lowest BCUT2D eigenvalue weighted by Crippen LogP contribution is -2.24. The number of nitrogens with one attached hydrogen (secondary N) is 1. The summed E-state index contributed by atoms with van der Waals surface area (Å²) in [6.45, 7) is 0.636. The Balaban J connectivity index is 1.49. The van der Waals surface area contributed by atoms with E-state index in [1.807, 2.05) is 35.7 Å². The highest BCUT2D eigenvalue weighted by Crippen LogP contribution is 2.24. The van der Waals surface area contributed by atoms with Crippen molar-refractivity contribution in [2.45, 2.75) is 12.8 Å². The summed E-state index contributed by atoms with van der Waals surface area (Å²) in [6.07, 6.45) is 5.04. The Morgan fingerprint density at radius 2 is 2.09 bits per heavy atom. The SMILES string of the molecule is O=C(NCCCc1cnoc1)c1ccc(-c2cccs2)cc1. The Kier molecular flexibility index (Phi) is 4.65. The number of benzene rings is 1. The van der Waals surface area contributed by atoms with Crippen LogP contribution in [0.4, 0.5) is 0 Å².